The van der Waals surface area contributed by atoms with Gasteiger partial charge in [0.2, 0.25) is 0 Å². The van der Waals surface area contributed by atoms with Crippen LogP contribution in [0.4, 0.5) is 5.69 Å². The number of methoxy groups -OCH3 is 2. The van der Waals surface area contributed by atoms with E-state index in [0.29, 0.717) is 35.8 Å². The first kappa shape index (κ1) is 14.5. The van der Waals surface area contributed by atoms with E-state index in [2.05, 4.69) is 0 Å². The maximum absolute atomic E-state index is 12.5. The number of aliphatic hydroxyl groups is 1. The van der Waals surface area contributed by atoms with Crippen molar-refractivity contribution in [3.8, 4) is 11.5 Å². The van der Waals surface area contributed by atoms with Gasteiger partial charge in [0, 0.05) is 31.7 Å². The summed E-state index contributed by atoms with van der Waals surface area (Å²) in [6.45, 7) is 1.28. The number of hydrogen-bond donors (Lipinski definition) is 2. The van der Waals surface area contributed by atoms with Gasteiger partial charge in [-0.05, 0) is 12.5 Å². The molecule has 6 heteroatoms. The van der Waals surface area contributed by atoms with E-state index in [9.17, 15) is 4.79 Å². The molecule has 0 aliphatic carbocycles. The minimum atomic E-state index is -0.157. The smallest absolute Gasteiger partial charge is 0.256 e. The van der Waals surface area contributed by atoms with Crippen LogP contribution >= 0.6 is 0 Å². The lowest BCUT2D eigenvalue weighted by Crippen LogP contribution is -2.29. The summed E-state index contributed by atoms with van der Waals surface area (Å²) in [6, 6.07) is 3.26. The lowest BCUT2D eigenvalue weighted by Gasteiger charge is -2.19. The van der Waals surface area contributed by atoms with Crippen LogP contribution in [0.5, 0.6) is 11.5 Å². The summed E-state index contributed by atoms with van der Waals surface area (Å²) >= 11 is 0. The van der Waals surface area contributed by atoms with Gasteiger partial charge in [-0.2, -0.15) is 0 Å². The van der Waals surface area contributed by atoms with E-state index in [1.165, 1.54) is 14.2 Å². The highest BCUT2D eigenvalue weighted by Gasteiger charge is 2.28. The van der Waals surface area contributed by atoms with Gasteiger partial charge in [-0.1, -0.05) is 0 Å². The molecule has 0 spiro atoms. The Morgan fingerprint density at radius 3 is 2.75 bits per heavy atom. The Bertz CT molecular complexity index is 504. The summed E-state index contributed by atoms with van der Waals surface area (Å²) < 4.78 is 10.3. The zero-order valence-corrected chi connectivity index (χ0v) is 11.8. The SMILES string of the molecule is COc1cc(OC)c(N)c(C(=O)N2CCC(CO)C2)c1. The second-order valence-corrected chi connectivity index (χ2v) is 4.88. The number of likely N-dealkylation sites (tertiary alicyclic amines) is 1. The first-order valence-corrected chi connectivity index (χ1v) is 6.52. The molecule has 1 aromatic carbocycles. The van der Waals surface area contributed by atoms with Crippen LogP contribution < -0.4 is 15.2 Å². The maximum Gasteiger partial charge on any atom is 0.256 e. The zero-order chi connectivity index (χ0) is 14.7. The second kappa shape index (κ2) is 6.00. The summed E-state index contributed by atoms with van der Waals surface area (Å²) in [5.74, 6) is 0.936. The average Bonchev–Trinajstić information content (AvgIpc) is 2.95. The van der Waals surface area contributed by atoms with Crippen LogP contribution in [0.15, 0.2) is 12.1 Å². The number of benzene rings is 1. The molecule has 0 bridgehead atoms. The summed E-state index contributed by atoms with van der Waals surface area (Å²) in [5.41, 5.74) is 6.66. The second-order valence-electron chi connectivity index (χ2n) is 4.88. The third kappa shape index (κ3) is 2.65. The van der Waals surface area contributed by atoms with Crippen molar-refractivity contribution in [2.45, 2.75) is 6.42 Å². The van der Waals surface area contributed by atoms with Crippen molar-refractivity contribution in [2.75, 3.05) is 39.6 Å². The van der Waals surface area contributed by atoms with E-state index in [-0.39, 0.29) is 18.4 Å². The van der Waals surface area contributed by atoms with E-state index >= 15 is 0 Å². The number of carbonyl (C=O) groups is 1. The molecule has 1 amide bonds. The van der Waals surface area contributed by atoms with Gasteiger partial charge in [0.15, 0.2) is 0 Å². The van der Waals surface area contributed by atoms with Crippen molar-refractivity contribution in [1.29, 1.82) is 0 Å². The van der Waals surface area contributed by atoms with Crippen LogP contribution in [-0.2, 0) is 0 Å². The molecule has 1 saturated heterocycles. The topological polar surface area (TPSA) is 85.0 Å². The monoisotopic (exact) mass is 280 g/mol. The quantitative estimate of drug-likeness (QED) is 0.795. The molecule has 1 fully saturated rings. The normalized spacial score (nSPS) is 18.1. The molecule has 1 unspecified atom stereocenters. The summed E-state index contributed by atoms with van der Waals surface area (Å²) in [4.78, 5) is 14.2. The molecule has 0 saturated carbocycles. The fourth-order valence-corrected chi connectivity index (χ4v) is 2.40. The van der Waals surface area contributed by atoms with Gasteiger partial charge < -0.3 is 25.2 Å². The minimum Gasteiger partial charge on any atom is -0.497 e. The van der Waals surface area contributed by atoms with Crippen molar-refractivity contribution >= 4 is 11.6 Å². The molecule has 0 aromatic heterocycles. The van der Waals surface area contributed by atoms with E-state index in [0.717, 1.165) is 6.42 Å². The fraction of sp³-hybridized carbons (Fsp3) is 0.500. The molecule has 2 rings (SSSR count). The average molecular weight is 280 g/mol. The molecule has 1 heterocycles. The molecular weight excluding hydrogens is 260 g/mol. The highest BCUT2D eigenvalue weighted by Crippen LogP contribution is 2.32. The predicted octanol–water partition coefficient (Wildman–Crippen LogP) is 0.740. The van der Waals surface area contributed by atoms with Crippen LogP contribution in [0, 0.1) is 5.92 Å². The molecule has 3 N–H and O–H groups in total. The molecule has 1 aliphatic heterocycles. The standard InChI is InChI=1S/C14H20N2O4/c1-19-10-5-11(13(15)12(6-10)20-2)14(18)16-4-3-9(7-16)8-17/h5-6,9,17H,3-4,7-8,15H2,1-2H3. The first-order chi connectivity index (χ1) is 9.60. The van der Waals surface area contributed by atoms with Crippen molar-refractivity contribution in [1.82, 2.24) is 4.90 Å². The molecular formula is C14H20N2O4. The number of amides is 1. The van der Waals surface area contributed by atoms with Crippen molar-refractivity contribution in [3.05, 3.63) is 17.7 Å². The zero-order valence-electron chi connectivity index (χ0n) is 11.8. The Kier molecular flexibility index (Phi) is 4.34. The van der Waals surface area contributed by atoms with Gasteiger partial charge >= 0.3 is 0 Å². The predicted molar refractivity (Wildman–Crippen MR) is 75.1 cm³/mol. The van der Waals surface area contributed by atoms with Crippen LogP contribution in [0.1, 0.15) is 16.8 Å². The number of carbonyl (C=O) groups excluding carboxylic acids is 1. The van der Waals surface area contributed by atoms with Crippen molar-refractivity contribution in [3.63, 3.8) is 0 Å². The maximum atomic E-state index is 12.5. The van der Waals surface area contributed by atoms with Gasteiger partial charge in [0.1, 0.15) is 11.5 Å². The van der Waals surface area contributed by atoms with Crippen LogP contribution in [-0.4, -0.2) is 49.8 Å². The van der Waals surface area contributed by atoms with E-state index in [1.54, 1.807) is 17.0 Å². The number of ether oxygens (including phenoxy) is 2. The lowest BCUT2D eigenvalue weighted by atomic mass is 10.1. The van der Waals surface area contributed by atoms with Gasteiger partial charge in [-0.25, -0.2) is 0 Å². The van der Waals surface area contributed by atoms with Gasteiger partial charge in [-0.15, -0.1) is 0 Å². The number of aliphatic hydroxyl groups excluding tert-OH is 1. The lowest BCUT2D eigenvalue weighted by molar-refractivity contribution is 0.0782. The minimum absolute atomic E-state index is 0.0979. The van der Waals surface area contributed by atoms with Crippen LogP contribution in [0.3, 0.4) is 0 Å². The molecule has 0 radical (unpaired) electrons. The highest BCUT2D eigenvalue weighted by molar-refractivity contribution is 6.01. The molecule has 1 aromatic rings. The number of nitrogens with zero attached hydrogens (tertiary/aromatic N) is 1. The summed E-state index contributed by atoms with van der Waals surface area (Å²) in [6.07, 6.45) is 0.809. The summed E-state index contributed by atoms with van der Waals surface area (Å²) in [7, 11) is 3.02. The van der Waals surface area contributed by atoms with Crippen LogP contribution in [0.25, 0.3) is 0 Å². The van der Waals surface area contributed by atoms with Crippen LogP contribution in [0.2, 0.25) is 0 Å². The molecule has 110 valence electrons. The Labute approximate surface area is 118 Å². The van der Waals surface area contributed by atoms with E-state index in [1.807, 2.05) is 0 Å². The third-order valence-electron chi connectivity index (χ3n) is 3.63. The van der Waals surface area contributed by atoms with Crippen molar-refractivity contribution in [2.24, 2.45) is 5.92 Å². The number of rotatable bonds is 4. The first-order valence-electron chi connectivity index (χ1n) is 6.52. The highest BCUT2D eigenvalue weighted by atomic mass is 16.5. The van der Waals surface area contributed by atoms with E-state index < -0.39 is 0 Å². The number of hydrogen-bond acceptors (Lipinski definition) is 5. The Morgan fingerprint density at radius 1 is 1.45 bits per heavy atom. The molecule has 1 aliphatic rings. The number of anilines is 1. The summed E-state index contributed by atoms with van der Waals surface area (Å²) in [5, 5.41) is 9.15. The molecule has 20 heavy (non-hydrogen) atoms. The Hall–Kier alpha value is -1.95. The van der Waals surface area contributed by atoms with Crippen molar-refractivity contribution < 1.29 is 19.4 Å². The third-order valence-corrected chi connectivity index (χ3v) is 3.63. The van der Waals surface area contributed by atoms with E-state index in [4.69, 9.17) is 20.3 Å². The molecule has 1 atom stereocenters. The number of nitrogen functional groups attached to an aromatic ring is 1. The largest absolute Gasteiger partial charge is 0.497 e. The Balaban J connectivity index is 2.29. The number of nitrogens with two attached hydrogens (primary N) is 1. The van der Waals surface area contributed by atoms with Gasteiger partial charge in [-0.3, -0.25) is 4.79 Å². The van der Waals surface area contributed by atoms with Gasteiger partial charge in [0.05, 0.1) is 25.5 Å². The van der Waals surface area contributed by atoms with Gasteiger partial charge in [0.25, 0.3) is 5.91 Å². The Morgan fingerprint density at radius 2 is 2.20 bits per heavy atom. The molecule has 6 nitrogen and oxygen atoms in total. The fourth-order valence-electron chi connectivity index (χ4n) is 2.40.